The molecule has 8 nitrogen and oxygen atoms in total. The van der Waals surface area contributed by atoms with Gasteiger partial charge in [-0.05, 0) is 53.1 Å². The molecule has 1 N–H and O–H groups in total. The van der Waals surface area contributed by atoms with Crippen LogP contribution in [0.25, 0.3) is 22.3 Å². The summed E-state index contributed by atoms with van der Waals surface area (Å²) in [6.07, 6.45) is 0.530. The third-order valence-corrected chi connectivity index (χ3v) is 5.45. The molecule has 168 valence electrons. The van der Waals surface area contributed by atoms with E-state index in [4.69, 9.17) is 9.47 Å². The van der Waals surface area contributed by atoms with Gasteiger partial charge in [-0.15, -0.1) is 10.2 Å². The lowest BCUT2D eigenvalue weighted by Gasteiger charge is -2.11. The van der Waals surface area contributed by atoms with Crippen LogP contribution in [0.15, 0.2) is 78.9 Å². The first-order valence-electron chi connectivity index (χ1n) is 10.7. The minimum atomic E-state index is -0.421. The number of ether oxygens (including phenoxy) is 2. The van der Waals surface area contributed by atoms with Crippen molar-refractivity contribution < 1.29 is 14.3 Å². The molecular formula is C26H21N5O3. The molecule has 0 aliphatic rings. The normalized spacial score (nSPS) is 10.9. The maximum Gasteiger partial charge on any atom is 0.338 e. The molecule has 3 aromatic carbocycles. The van der Waals surface area contributed by atoms with E-state index in [0.29, 0.717) is 30.0 Å². The van der Waals surface area contributed by atoms with E-state index in [1.165, 1.54) is 7.11 Å². The monoisotopic (exact) mass is 451 g/mol. The topological polar surface area (TPSA) is 103 Å². The van der Waals surface area contributed by atoms with Gasteiger partial charge in [0.1, 0.15) is 12.4 Å². The van der Waals surface area contributed by atoms with Crippen LogP contribution >= 0.6 is 0 Å². The van der Waals surface area contributed by atoms with Gasteiger partial charge in [0, 0.05) is 10.9 Å². The molecule has 0 radical (unpaired) electrons. The number of pyridine rings is 1. The van der Waals surface area contributed by atoms with Crippen molar-refractivity contribution in [3.8, 4) is 17.1 Å². The highest BCUT2D eigenvalue weighted by molar-refractivity contribution is 5.92. The van der Waals surface area contributed by atoms with Crippen LogP contribution in [0.4, 0.5) is 0 Å². The molecule has 0 bridgehead atoms. The van der Waals surface area contributed by atoms with Crippen molar-refractivity contribution in [1.82, 2.24) is 25.6 Å². The Morgan fingerprint density at radius 1 is 0.971 bits per heavy atom. The van der Waals surface area contributed by atoms with Crippen LogP contribution in [0.5, 0.6) is 5.75 Å². The highest BCUT2D eigenvalue weighted by atomic mass is 16.5. The van der Waals surface area contributed by atoms with E-state index in [1.54, 1.807) is 6.07 Å². The van der Waals surface area contributed by atoms with E-state index in [2.05, 4.69) is 25.6 Å². The SMILES string of the molecule is COC(=O)c1cc(-c2nn[nH]n2)ccc1Cc1cccc(OCc2ccc3ccccc3n2)c1. The summed E-state index contributed by atoms with van der Waals surface area (Å²) in [6, 6.07) is 25.3. The standard InChI is InChI=1S/C26H21N5O3/c1-33-26(32)23-15-20(25-28-30-31-29-25)10-9-19(23)13-17-5-4-7-22(14-17)34-16-21-12-11-18-6-2-3-8-24(18)27-21/h2-12,14-15H,13,16H2,1H3,(H,28,29,30,31). The van der Waals surface area contributed by atoms with Gasteiger partial charge in [-0.25, -0.2) is 9.78 Å². The summed E-state index contributed by atoms with van der Waals surface area (Å²) in [6.45, 7) is 0.362. The second-order valence-corrected chi connectivity index (χ2v) is 7.71. The number of methoxy groups -OCH3 is 1. The molecular weight excluding hydrogens is 430 g/mol. The lowest BCUT2D eigenvalue weighted by molar-refractivity contribution is 0.0599. The number of aromatic amines is 1. The van der Waals surface area contributed by atoms with E-state index in [1.807, 2.05) is 72.8 Å². The van der Waals surface area contributed by atoms with Crippen molar-refractivity contribution in [2.24, 2.45) is 0 Å². The molecule has 0 spiro atoms. The Hall–Kier alpha value is -4.59. The van der Waals surface area contributed by atoms with Crippen LogP contribution in [0.1, 0.15) is 27.2 Å². The number of nitrogens with one attached hydrogen (secondary N) is 1. The number of esters is 1. The zero-order valence-corrected chi connectivity index (χ0v) is 18.4. The van der Waals surface area contributed by atoms with Crippen molar-refractivity contribution in [3.05, 3.63) is 101 Å². The smallest absolute Gasteiger partial charge is 0.338 e. The van der Waals surface area contributed by atoms with Gasteiger partial charge in [0.2, 0.25) is 5.82 Å². The molecule has 0 saturated heterocycles. The molecule has 2 aromatic heterocycles. The summed E-state index contributed by atoms with van der Waals surface area (Å²) >= 11 is 0. The Morgan fingerprint density at radius 3 is 2.74 bits per heavy atom. The fourth-order valence-corrected chi connectivity index (χ4v) is 3.76. The van der Waals surface area contributed by atoms with Crippen molar-refractivity contribution in [2.75, 3.05) is 7.11 Å². The van der Waals surface area contributed by atoms with E-state index in [-0.39, 0.29) is 0 Å². The van der Waals surface area contributed by atoms with Crippen molar-refractivity contribution >= 4 is 16.9 Å². The molecule has 0 fully saturated rings. The number of rotatable bonds is 7. The summed E-state index contributed by atoms with van der Waals surface area (Å²) in [5, 5.41) is 15.1. The molecule has 5 aromatic rings. The van der Waals surface area contributed by atoms with Crippen LogP contribution in [0, 0.1) is 0 Å². The lowest BCUT2D eigenvalue weighted by Crippen LogP contribution is -2.07. The predicted octanol–water partition coefficient (Wildman–Crippen LogP) is 4.37. The van der Waals surface area contributed by atoms with Gasteiger partial charge in [-0.3, -0.25) is 0 Å². The minimum Gasteiger partial charge on any atom is -0.487 e. The Kier molecular flexibility index (Phi) is 5.94. The molecule has 34 heavy (non-hydrogen) atoms. The number of carbonyl (C=O) groups excluding carboxylic acids is 1. The highest BCUT2D eigenvalue weighted by Crippen LogP contribution is 2.24. The Balaban J connectivity index is 1.34. The zero-order valence-electron chi connectivity index (χ0n) is 18.4. The molecule has 0 aliphatic carbocycles. The predicted molar refractivity (Wildman–Crippen MR) is 126 cm³/mol. The Morgan fingerprint density at radius 2 is 1.88 bits per heavy atom. The van der Waals surface area contributed by atoms with Gasteiger partial charge >= 0.3 is 5.97 Å². The lowest BCUT2D eigenvalue weighted by atomic mass is 9.97. The molecule has 0 unspecified atom stereocenters. The van der Waals surface area contributed by atoms with E-state index >= 15 is 0 Å². The summed E-state index contributed by atoms with van der Waals surface area (Å²) in [4.78, 5) is 17.1. The number of para-hydroxylation sites is 1. The number of carbonyl (C=O) groups is 1. The van der Waals surface area contributed by atoms with Crippen LogP contribution in [-0.2, 0) is 17.8 Å². The van der Waals surface area contributed by atoms with Gasteiger partial charge in [0.05, 0.1) is 23.9 Å². The zero-order chi connectivity index (χ0) is 23.3. The number of hydrogen-bond donors (Lipinski definition) is 1. The fraction of sp³-hybridized carbons (Fsp3) is 0.115. The maximum atomic E-state index is 12.4. The number of aromatic nitrogens is 5. The van der Waals surface area contributed by atoms with Gasteiger partial charge in [0.25, 0.3) is 0 Å². The van der Waals surface area contributed by atoms with Gasteiger partial charge < -0.3 is 9.47 Å². The minimum absolute atomic E-state index is 0.362. The molecule has 0 amide bonds. The first kappa shape index (κ1) is 21.3. The van der Waals surface area contributed by atoms with Gasteiger partial charge in [0.15, 0.2) is 0 Å². The van der Waals surface area contributed by atoms with Crippen molar-refractivity contribution in [2.45, 2.75) is 13.0 Å². The molecule has 5 rings (SSSR count). The first-order valence-corrected chi connectivity index (χ1v) is 10.7. The summed E-state index contributed by atoms with van der Waals surface area (Å²) in [7, 11) is 1.36. The van der Waals surface area contributed by atoms with Crippen molar-refractivity contribution in [3.63, 3.8) is 0 Å². The molecule has 0 aliphatic heterocycles. The van der Waals surface area contributed by atoms with E-state index in [0.717, 1.165) is 33.5 Å². The molecule has 8 heteroatoms. The third kappa shape index (κ3) is 4.61. The van der Waals surface area contributed by atoms with E-state index < -0.39 is 5.97 Å². The second-order valence-electron chi connectivity index (χ2n) is 7.71. The van der Waals surface area contributed by atoms with Gasteiger partial charge in [-0.2, -0.15) is 5.21 Å². The number of benzene rings is 3. The quantitative estimate of drug-likeness (QED) is 0.367. The summed E-state index contributed by atoms with van der Waals surface area (Å²) < 4.78 is 11.0. The molecule has 0 atom stereocenters. The van der Waals surface area contributed by atoms with Crippen molar-refractivity contribution in [1.29, 1.82) is 0 Å². The van der Waals surface area contributed by atoms with Gasteiger partial charge in [-0.1, -0.05) is 48.5 Å². The van der Waals surface area contributed by atoms with Crippen LogP contribution in [0.2, 0.25) is 0 Å². The average Bonchev–Trinajstić information content (AvgIpc) is 3.42. The first-order chi connectivity index (χ1) is 16.7. The van der Waals surface area contributed by atoms with Crippen LogP contribution in [-0.4, -0.2) is 38.7 Å². The summed E-state index contributed by atoms with van der Waals surface area (Å²) in [5.74, 6) is 0.722. The Labute approximate surface area is 195 Å². The van der Waals surface area contributed by atoms with E-state index in [9.17, 15) is 4.79 Å². The van der Waals surface area contributed by atoms with Crippen LogP contribution < -0.4 is 4.74 Å². The third-order valence-electron chi connectivity index (χ3n) is 5.45. The largest absolute Gasteiger partial charge is 0.487 e. The molecule has 0 saturated carbocycles. The highest BCUT2D eigenvalue weighted by Gasteiger charge is 2.16. The average molecular weight is 451 g/mol. The van der Waals surface area contributed by atoms with Crippen LogP contribution in [0.3, 0.4) is 0 Å². The maximum absolute atomic E-state index is 12.4. The fourth-order valence-electron chi connectivity index (χ4n) is 3.76. The molecule has 2 heterocycles. The Bertz CT molecular complexity index is 1450. The number of H-pyrrole nitrogens is 1. The number of hydrogen-bond acceptors (Lipinski definition) is 7. The second kappa shape index (κ2) is 9.50. The number of tetrazole rings is 1. The number of fused-ring (bicyclic) bond motifs is 1. The summed E-state index contributed by atoms with van der Waals surface area (Å²) in [5.41, 5.74) is 4.76. The number of nitrogens with zero attached hydrogens (tertiary/aromatic N) is 4.